The molecule has 0 saturated heterocycles. The monoisotopic (exact) mass is 927 g/mol. The van der Waals surface area contributed by atoms with Crippen molar-refractivity contribution >= 4 is 33.2 Å². The van der Waals surface area contributed by atoms with Crippen LogP contribution < -0.4 is 0 Å². The van der Waals surface area contributed by atoms with Crippen LogP contribution in [0.4, 0.5) is 11.4 Å². The van der Waals surface area contributed by atoms with Gasteiger partial charge in [0, 0.05) is 12.1 Å². The maximum atomic E-state index is 5.33. The summed E-state index contributed by atoms with van der Waals surface area (Å²) < 4.78 is 2.40. The number of benzene rings is 7. The van der Waals surface area contributed by atoms with E-state index in [-0.39, 0.29) is 25.8 Å². The Hall–Kier alpha value is -5.45. The Bertz CT molecular complexity index is 2280. The maximum absolute atomic E-state index is 5.33. The summed E-state index contributed by atoms with van der Waals surface area (Å²) in [6.45, 7) is 23.3. The van der Waals surface area contributed by atoms with Gasteiger partial charge >= 0.3 is 25.8 Å². The number of imidazole rings is 1. The number of unbranched alkanes of at least 4 members (excludes halogenated alkanes) is 1. The Balaban J connectivity index is 0.000000272. The number of hydrogen-bond acceptors (Lipinski definition) is 1. The molecule has 0 saturated carbocycles. The van der Waals surface area contributed by atoms with Gasteiger partial charge in [-0.05, 0) is 35.1 Å². The molecule has 3 nitrogen and oxygen atoms in total. The SMILES string of the molecule is CCCCn1c(-c2cccc3ccccc23)nc2c([N-]c3c(C(C)C)cccc3C(C)C)cccc21.[CH2-]c1ccccc1.[CH2-]c1ccccc1.[CH2-]c1ccccc1.[Hf+4]. The number of aromatic nitrogens is 2. The first kappa shape index (κ1) is 45.3. The molecular formula is C54H57HfN3. The van der Waals surface area contributed by atoms with Crippen molar-refractivity contribution in [2.45, 2.75) is 65.8 Å². The minimum absolute atomic E-state index is 0. The van der Waals surface area contributed by atoms with E-state index in [1.165, 1.54) is 27.5 Å². The molecule has 0 amide bonds. The van der Waals surface area contributed by atoms with Crippen molar-refractivity contribution in [2.75, 3.05) is 0 Å². The Morgan fingerprint density at radius 2 is 1.02 bits per heavy atom. The number of para-hydroxylation sites is 2. The van der Waals surface area contributed by atoms with Crippen LogP contribution in [0.3, 0.4) is 0 Å². The van der Waals surface area contributed by atoms with Gasteiger partial charge in [0.05, 0.1) is 11.0 Å². The molecule has 0 unspecified atom stereocenters. The van der Waals surface area contributed by atoms with E-state index in [9.17, 15) is 0 Å². The molecule has 0 atom stereocenters. The van der Waals surface area contributed by atoms with E-state index in [0.29, 0.717) is 11.8 Å². The molecule has 0 aliphatic carbocycles. The van der Waals surface area contributed by atoms with Gasteiger partial charge in [0.1, 0.15) is 5.82 Å². The van der Waals surface area contributed by atoms with Crippen molar-refractivity contribution in [1.29, 1.82) is 0 Å². The van der Waals surface area contributed by atoms with Crippen LogP contribution in [-0.2, 0) is 32.4 Å². The minimum Gasteiger partial charge on any atom is -0.656 e. The molecule has 8 aromatic rings. The topological polar surface area (TPSA) is 31.9 Å². The summed E-state index contributed by atoms with van der Waals surface area (Å²) in [6, 6.07) is 57.8. The molecule has 0 aliphatic rings. The quantitative estimate of drug-likeness (QED) is 0.110. The number of nitrogens with zero attached hydrogens (tertiary/aromatic N) is 3. The van der Waals surface area contributed by atoms with Gasteiger partial charge in [0.2, 0.25) is 0 Å². The summed E-state index contributed by atoms with van der Waals surface area (Å²) in [4.78, 5) is 5.30. The minimum atomic E-state index is 0. The normalized spacial score (nSPS) is 10.4. The van der Waals surface area contributed by atoms with Crippen molar-refractivity contribution in [1.82, 2.24) is 9.55 Å². The Morgan fingerprint density at radius 1 is 0.552 bits per heavy atom. The molecule has 0 N–H and O–H groups in total. The van der Waals surface area contributed by atoms with Gasteiger partial charge in [-0.2, -0.15) is 73.9 Å². The van der Waals surface area contributed by atoms with Crippen molar-refractivity contribution in [3.05, 3.63) is 224 Å². The van der Waals surface area contributed by atoms with E-state index < -0.39 is 0 Å². The zero-order valence-electron chi connectivity index (χ0n) is 34.9. The van der Waals surface area contributed by atoms with Gasteiger partial charge in [0.15, 0.2) is 0 Å². The summed E-state index contributed by atoms with van der Waals surface area (Å²) in [6.07, 6.45) is 2.25. The molecule has 8 rings (SSSR count). The maximum Gasteiger partial charge on any atom is 4.00 e. The second-order valence-corrected chi connectivity index (χ2v) is 14.8. The number of hydrogen-bond donors (Lipinski definition) is 0. The van der Waals surface area contributed by atoms with Gasteiger partial charge in [-0.25, -0.2) is 4.98 Å². The smallest absolute Gasteiger partial charge is 0.656 e. The predicted octanol–water partition coefficient (Wildman–Crippen LogP) is 15.8. The molecule has 292 valence electrons. The van der Waals surface area contributed by atoms with Gasteiger partial charge in [0.25, 0.3) is 0 Å². The van der Waals surface area contributed by atoms with Crippen LogP contribution in [0.2, 0.25) is 0 Å². The van der Waals surface area contributed by atoms with E-state index in [0.717, 1.165) is 64.3 Å². The first-order chi connectivity index (χ1) is 27.7. The van der Waals surface area contributed by atoms with Crippen LogP contribution in [0.25, 0.3) is 38.5 Å². The summed E-state index contributed by atoms with van der Waals surface area (Å²) in [5.41, 5.74) is 11.1. The Kier molecular flexibility index (Phi) is 18.0. The summed E-state index contributed by atoms with van der Waals surface area (Å²) in [5, 5.41) is 7.80. The van der Waals surface area contributed by atoms with Crippen LogP contribution in [0.5, 0.6) is 0 Å². The molecule has 0 spiro atoms. The fourth-order valence-corrected chi connectivity index (χ4v) is 6.59. The Labute approximate surface area is 367 Å². The molecule has 0 bridgehead atoms. The van der Waals surface area contributed by atoms with Crippen molar-refractivity contribution in [3.8, 4) is 11.4 Å². The summed E-state index contributed by atoms with van der Waals surface area (Å²) in [7, 11) is 0. The van der Waals surface area contributed by atoms with Crippen molar-refractivity contribution in [2.24, 2.45) is 0 Å². The average Bonchev–Trinajstić information content (AvgIpc) is 3.60. The molecule has 0 aliphatic heterocycles. The zero-order chi connectivity index (χ0) is 40.6. The molecular weight excluding hydrogens is 869 g/mol. The molecule has 1 aromatic heterocycles. The number of aryl methyl sites for hydroxylation is 1. The first-order valence-electron chi connectivity index (χ1n) is 20.1. The molecule has 1 heterocycles. The van der Waals surface area contributed by atoms with E-state index >= 15 is 0 Å². The molecule has 0 radical (unpaired) electrons. The van der Waals surface area contributed by atoms with E-state index in [4.69, 9.17) is 10.3 Å². The van der Waals surface area contributed by atoms with Crippen LogP contribution in [-0.4, -0.2) is 9.55 Å². The van der Waals surface area contributed by atoms with Gasteiger partial charge in [-0.3, -0.25) is 0 Å². The summed E-state index contributed by atoms with van der Waals surface area (Å²) >= 11 is 0. The fraction of sp³-hybridized carbons (Fsp3) is 0.185. The molecule has 0 fully saturated rings. The average molecular weight is 927 g/mol. The van der Waals surface area contributed by atoms with Crippen LogP contribution in [0.15, 0.2) is 170 Å². The second-order valence-electron chi connectivity index (χ2n) is 14.8. The standard InChI is InChI=1S/C33H36N3.3C7H7.Hf/c1-6-7-21-36-30-20-12-19-29(34-31-25(22(2)3)16-11-17-26(31)23(4)5)32(30)35-33(36)28-18-10-14-24-13-8-9-15-27(24)28;3*1-7-5-3-2-4-6-7;/h8-20,22-23H,6-7,21H2,1-5H3;3*2-6H,1H2;/q4*-1;+4. The third kappa shape index (κ3) is 12.5. The van der Waals surface area contributed by atoms with E-state index in [2.05, 4.69) is 139 Å². The third-order valence-corrected chi connectivity index (χ3v) is 9.63. The van der Waals surface area contributed by atoms with E-state index in [1.54, 1.807) is 0 Å². The number of fused-ring (bicyclic) bond motifs is 2. The molecule has 7 aromatic carbocycles. The fourth-order valence-electron chi connectivity index (χ4n) is 6.59. The predicted molar refractivity (Wildman–Crippen MR) is 248 cm³/mol. The van der Waals surface area contributed by atoms with Crippen LogP contribution in [0, 0.1) is 20.8 Å². The van der Waals surface area contributed by atoms with Gasteiger partial charge in [-0.15, -0.1) is 47.8 Å². The van der Waals surface area contributed by atoms with Gasteiger partial charge < -0.3 is 9.88 Å². The van der Waals surface area contributed by atoms with Crippen LogP contribution >= 0.6 is 0 Å². The van der Waals surface area contributed by atoms with E-state index in [1.807, 2.05) is 91.0 Å². The summed E-state index contributed by atoms with van der Waals surface area (Å²) in [5.74, 6) is 1.82. The third-order valence-electron chi connectivity index (χ3n) is 9.63. The zero-order valence-corrected chi connectivity index (χ0v) is 38.5. The van der Waals surface area contributed by atoms with Crippen molar-refractivity contribution in [3.63, 3.8) is 0 Å². The van der Waals surface area contributed by atoms with Gasteiger partial charge in [-0.1, -0.05) is 143 Å². The van der Waals surface area contributed by atoms with Crippen LogP contribution in [0.1, 0.15) is 87.1 Å². The largest absolute Gasteiger partial charge is 4.00 e. The second kappa shape index (κ2) is 23.1. The number of rotatable bonds is 8. The molecule has 58 heavy (non-hydrogen) atoms. The molecule has 4 heteroatoms. The first-order valence-corrected chi connectivity index (χ1v) is 20.1. The Morgan fingerprint density at radius 3 is 1.50 bits per heavy atom. The van der Waals surface area contributed by atoms with Crippen molar-refractivity contribution < 1.29 is 25.8 Å².